The molecule has 0 spiro atoms. The number of rotatable bonds is 2. The number of fused-ring (bicyclic) bond motifs is 2. The van der Waals surface area contributed by atoms with E-state index >= 15 is 0 Å². The van der Waals surface area contributed by atoms with Crippen LogP contribution in [0.2, 0.25) is 0 Å². The molecule has 3 rings (SSSR count). The van der Waals surface area contributed by atoms with Crippen molar-refractivity contribution in [2.24, 2.45) is 0 Å². The van der Waals surface area contributed by atoms with E-state index in [1.165, 1.54) is 25.1 Å². The van der Waals surface area contributed by atoms with Crippen molar-refractivity contribution in [2.75, 3.05) is 6.61 Å². The van der Waals surface area contributed by atoms with Crippen LogP contribution in [0.4, 0.5) is 0 Å². The summed E-state index contributed by atoms with van der Waals surface area (Å²) in [6, 6.07) is 14.9. The van der Waals surface area contributed by atoms with Gasteiger partial charge >= 0.3 is 0 Å². The molecule has 1 N–H and O–H groups in total. The van der Waals surface area contributed by atoms with Gasteiger partial charge in [-0.3, -0.25) is 0 Å². The van der Waals surface area contributed by atoms with Crippen LogP contribution in [-0.4, -0.2) is 11.7 Å². The third-order valence-corrected chi connectivity index (χ3v) is 5.24. The van der Waals surface area contributed by atoms with Crippen LogP contribution in [0.25, 0.3) is 0 Å². The summed E-state index contributed by atoms with van der Waals surface area (Å²) in [6.45, 7) is 0.215. The van der Waals surface area contributed by atoms with Gasteiger partial charge in [0, 0.05) is 26.2 Å². The summed E-state index contributed by atoms with van der Waals surface area (Å²) < 4.78 is 0. The lowest BCUT2D eigenvalue weighted by atomic mass is 10.2. The maximum Gasteiger partial charge on any atom is 0.0471 e. The largest absolute Gasteiger partial charge is 0.396 e. The standard InChI is InChI=1S/C14H12OS2/c15-8-7-10-5-6-13-14(9-10)17-12-4-2-1-3-11(12)16-13/h1-6,9,15H,7-8H2. The molecule has 0 amide bonds. The molecule has 1 aliphatic rings. The molecule has 3 heteroatoms. The first kappa shape index (κ1) is 11.2. The van der Waals surface area contributed by atoms with Gasteiger partial charge in [-0.25, -0.2) is 0 Å². The predicted octanol–water partition coefficient (Wildman–Crippen LogP) is 3.84. The highest BCUT2D eigenvalue weighted by atomic mass is 32.2. The van der Waals surface area contributed by atoms with Crippen LogP contribution in [-0.2, 0) is 6.42 Å². The Kier molecular flexibility index (Phi) is 3.14. The van der Waals surface area contributed by atoms with E-state index in [0.717, 1.165) is 6.42 Å². The van der Waals surface area contributed by atoms with Gasteiger partial charge in [0.1, 0.15) is 0 Å². The molecule has 0 fully saturated rings. The number of benzene rings is 2. The Morgan fingerprint density at radius 2 is 1.47 bits per heavy atom. The molecule has 2 aromatic rings. The van der Waals surface area contributed by atoms with Gasteiger partial charge in [0.15, 0.2) is 0 Å². The van der Waals surface area contributed by atoms with Crippen molar-refractivity contribution >= 4 is 23.5 Å². The first-order chi connectivity index (χ1) is 8.36. The second-order valence-corrected chi connectivity index (χ2v) is 6.07. The van der Waals surface area contributed by atoms with E-state index in [-0.39, 0.29) is 6.61 Å². The van der Waals surface area contributed by atoms with E-state index in [2.05, 4.69) is 42.5 Å². The zero-order chi connectivity index (χ0) is 11.7. The molecular formula is C14H12OS2. The summed E-state index contributed by atoms with van der Waals surface area (Å²) in [5, 5.41) is 8.97. The Morgan fingerprint density at radius 3 is 2.18 bits per heavy atom. The molecule has 0 atom stereocenters. The predicted molar refractivity (Wildman–Crippen MR) is 71.9 cm³/mol. The Labute approximate surface area is 109 Å². The highest BCUT2D eigenvalue weighted by Crippen LogP contribution is 2.48. The van der Waals surface area contributed by atoms with Crippen molar-refractivity contribution in [3.8, 4) is 0 Å². The number of hydrogen-bond acceptors (Lipinski definition) is 3. The van der Waals surface area contributed by atoms with Gasteiger partial charge in [0.2, 0.25) is 0 Å². The molecule has 0 saturated heterocycles. The molecule has 0 aliphatic carbocycles. The molecule has 0 aromatic heterocycles. The van der Waals surface area contributed by atoms with Gasteiger partial charge in [-0.15, -0.1) is 0 Å². The molecule has 1 aliphatic heterocycles. The maximum absolute atomic E-state index is 8.97. The molecule has 0 unspecified atom stereocenters. The summed E-state index contributed by atoms with van der Waals surface area (Å²) >= 11 is 3.65. The molecule has 17 heavy (non-hydrogen) atoms. The highest BCUT2D eigenvalue weighted by molar-refractivity contribution is 8.05. The van der Waals surface area contributed by atoms with E-state index in [9.17, 15) is 0 Å². The molecule has 0 saturated carbocycles. The summed E-state index contributed by atoms with van der Waals surface area (Å²) in [6.07, 6.45) is 0.736. The lowest BCUT2D eigenvalue weighted by Gasteiger charge is -2.18. The summed E-state index contributed by atoms with van der Waals surface area (Å²) in [4.78, 5) is 5.28. The van der Waals surface area contributed by atoms with Crippen molar-refractivity contribution in [3.63, 3.8) is 0 Å². The quantitative estimate of drug-likeness (QED) is 0.756. The number of hydrogen-bond donors (Lipinski definition) is 1. The monoisotopic (exact) mass is 260 g/mol. The number of aliphatic hydroxyl groups is 1. The van der Waals surface area contributed by atoms with E-state index in [4.69, 9.17) is 5.11 Å². The van der Waals surface area contributed by atoms with E-state index in [1.807, 2.05) is 23.5 Å². The second-order valence-electron chi connectivity index (χ2n) is 3.91. The Hall–Kier alpha value is -0.900. The summed E-state index contributed by atoms with van der Waals surface area (Å²) in [5.74, 6) is 0. The maximum atomic E-state index is 8.97. The van der Waals surface area contributed by atoms with Crippen molar-refractivity contribution in [2.45, 2.75) is 26.0 Å². The van der Waals surface area contributed by atoms with Crippen molar-refractivity contribution in [3.05, 3.63) is 48.0 Å². The van der Waals surface area contributed by atoms with Gasteiger partial charge in [0.05, 0.1) is 0 Å². The van der Waals surface area contributed by atoms with Crippen molar-refractivity contribution < 1.29 is 5.11 Å². The molecule has 86 valence electrons. The molecule has 1 nitrogen and oxygen atoms in total. The van der Waals surface area contributed by atoms with Crippen LogP contribution >= 0.6 is 23.5 Å². The SMILES string of the molecule is OCCc1ccc2c(c1)Sc1ccccc1S2. The van der Waals surface area contributed by atoms with Crippen LogP contribution in [0.3, 0.4) is 0 Å². The van der Waals surface area contributed by atoms with E-state index in [1.54, 1.807) is 0 Å². The first-order valence-electron chi connectivity index (χ1n) is 5.55. The van der Waals surface area contributed by atoms with Gasteiger partial charge in [-0.2, -0.15) is 0 Å². The van der Waals surface area contributed by atoms with Gasteiger partial charge < -0.3 is 5.11 Å². The van der Waals surface area contributed by atoms with Gasteiger partial charge in [-0.05, 0) is 36.2 Å². The Bertz CT molecular complexity index is 552. The minimum absolute atomic E-state index is 0.215. The molecular weight excluding hydrogens is 248 g/mol. The van der Waals surface area contributed by atoms with Gasteiger partial charge in [0.25, 0.3) is 0 Å². The fraction of sp³-hybridized carbons (Fsp3) is 0.143. The van der Waals surface area contributed by atoms with Crippen LogP contribution in [0, 0.1) is 0 Å². The van der Waals surface area contributed by atoms with Crippen LogP contribution < -0.4 is 0 Å². The van der Waals surface area contributed by atoms with Crippen molar-refractivity contribution in [1.29, 1.82) is 0 Å². The summed E-state index contributed by atoms with van der Waals surface area (Å²) in [7, 11) is 0. The normalized spacial score (nSPS) is 13.0. The van der Waals surface area contributed by atoms with E-state index in [0.29, 0.717) is 0 Å². The summed E-state index contributed by atoms with van der Waals surface area (Å²) in [5.41, 5.74) is 1.21. The van der Waals surface area contributed by atoms with Crippen LogP contribution in [0.1, 0.15) is 5.56 Å². The number of aliphatic hydroxyl groups excluding tert-OH is 1. The highest BCUT2D eigenvalue weighted by Gasteiger charge is 2.16. The minimum Gasteiger partial charge on any atom is -0.396 e. The van der Waals surface area contributed by atoms with Crippen LogP contribution in [0.15, 0.2) is 62.0 Å². The molecule has 1 heterocycles. The zero-order valence-electron chi connectivity index (χ0n) is 9.22. The lowest BCUT2D eigenvalue weighted by molar-refractivity contribution is 0.299. The average Bonchev–Trinajstić information content (AvgIpc) is 2.36. The van der Waals surface area contributed by atoms with Crippen molar-refractivity contribution in [1.82, 2.24) is 0 Å². The first-order valence-corrected chi connectivity index (χ1v) is 7.18. The Morgan fingerprint density at radius 1 is 0.824 bits per heavy atom. The molecule has 2 aromatic carbocycles. The average molecular weight is 260 g/mol. The topological polar surface area (TPSA) is 20.2 Å². The zero-order valence-corrected chi connectivity index (χ0v) is 10.9. The molecule has 0 radical (unpaired) electrons. The minimum atomic E-state index is 0.215. The fourth-order valence-electron chi connectivity index (χ4n) is 1.86. The lowest BCUT2D eigenvalue weighted by Crippen LogP contribution is -1.94. The fourth-order valence-corrected chi connectivity index (χ4v) is 4.14. The Balaban J connectivity index is 1.97. The second kappa shape index (κ2) is 4.77. The third kappa shape index (κ3) is 2.23. The van der Waals surface area contributed by atoms with Gasteiger partial charge in [-0.1, -0.05) is 41.7 Å². The third-order valence-electron chi connectivity index (χ3n) is 2.70. The van der Waals surface area contributed by atoms with Crippen LogP contribution in [0.5, 0.6) is 0 Å². The smallest absolute Gasteiger partial charge is 0.0471 e. The van der Waals surface area contributed by atoms with E-state index < -0.39 is 0 Å². The molecule has 0 bridgehead atoms.